The first-order chi connectivity index (χ1) is 14.4. The van der Waals surface area contributed by atoms with E-state index in [2.05, 4.69) is 19.8 Å². The Bertz CT molecular complexity index is 1000. The number of alkyl halides is 4. The first-order valence-corrected chi connectivity index (χ1v) is 8.82. The highest BCUT2D eigenvalue weighted by atomic mass is 19.3. The summed E-state index contributed by atoms with van der Waals surface area (Å²) >= 11 is 0. The molecule has 2 unspecified atom stereocenters. The number of halogens is 4. The van der Waals surface area contributed by atoms with Gasteiger partial charge in [-0.25, -0.2) is 14.5 Å². The molecule has 1 aromatic carbocycles. The number of likely N-dealkylation sites (N-methyl/N-ethyl adjacent to an activating group) is 2. The molecule has 0 spiro atoms. The Morgan fingerprint density at radius 2 is 1.94 bits per heavy atom. The molecular weight excluding hydrogens is 430 g/mol. The number of benzene rings is 1. The molecule has 0 aromatic heterocycles. The lowest BCUT2D eigenvalue weighted by molar-refractivity contribution is -0.461. The van der Waals surface area contributed by atoms with E-state index in [0.29, 0.717) is 0 Å². The van der Waals surface area contributed by atoms with Crippen molar-refractivity contribution in [1.82, 2.24) is 14.7 Å². The predicted molar refractivity (Wildman–Crippen MR) is 94.3 cm³/mol. The average Bonchev–Trinajstić information content (AvgIpc) is 3.06. The monoisotopic (exact) mass is 445 g/mol. The van der Waals surface area contributed by atoms with Gasteiger partial charge in [0.25, 0.3) is 5.91 Å². The van der Waals surface area contributed by atoms with Crippen LogP contribution in [-0.2, 0) is 20.4 Å². The number of carbonyl (C=O) groups is 3. The lowest BCUT2D eigenvalue weighted by atomic mass is 10.1. The largest absolute Gasteiger partial charge is 0.540 e. The van der Waals surface area contributed by atoms with Crippen molar-refractivity contribution in [2.24, 2.45) is 4.99 Å². The van der Waals surface area contributed by atoms with Gasteiger partial charge >= 0.3 is 18.4 Å². The number of urea groups is 1. The number of rotatable bonds is 3. The minimum absolute atomic E-state index is 0.0932. The highest BCUT2D eigenvalue weighted by Gasteiger charge is 2.54. The molecule has 0 bridgehead atoms. The van der Waals surface area contributed by atoms with E-state index in [0.717, 1.165) is 23.1 Å². The molecule has 3 aliphatic heterocycles. The van der Waals surface area contributed by atoms with Crippen LogP contribution in [0.2, 0.25) is 0 Å². The second-order valence-corrected chi connectivity index (χ2v) is 7.03. The Hall–Kier alpha value is -3.42. The van der Waals surface area contributed by atoms with Gasteiger partial charge in [0, 0.05) is 25.8 Å². The number of hydrogen-bond donors (Lipinski definition) is 1. The van der Waals surface area contributed by atoms with Crippen molar-refractivity contribution in [3.63, 3.8) is 0 Å². The van der Waals surface area contributed by atoms with E-state index < -0.39 is 53.8 Å². The molecule has 166 valence electrons. The van der Waals surface area contributed by atoms with Crippen LogP contribution in [0.5, 0.6) is 5.75 Å². The second kappa shape index (κ2) is 6.80. The van der Waals surface area contributed by atoms with Crippen molar-refractivity contribution >= 4 is 29.9 Å². The molecular formula is C17H15F4N5O5. The van der Waals surface area contributed by atoms with Crippen LogP contribution >= 0.6 is 0 Å². The molecule has 3 heterocycles. The van der Waals surface area contributed by atoms with Crippen molar-refractivity contribution in [3.8, 4) is 5.75 Å². The molecule has 1 saturated heterocycles. The summed E-state index contributed by atoms with van der Waals surface area (Å²) < 4.78 is 61.3. The summed E-state index contributed by atoms with van der Waals surface area (Å²) in [6.45, 7) is -0.375. The van der Waals surface area contributed by atoms with Crippen molar-refractivity contribution in [2.45, 2.75) is 24.6 Å². The Kier molecular flexibility index (Phi) is 4.57. The average molecular weight is 445 g/mol. The van der Waals surface area contributed by atoms with Crippen molar-refractivity contribution in [3.05, 3.63) is 23.8 Å². The number of amides is 4. The van der Waals surface area contributed by atoms with E-state index in [-0.39, 0.29) is 12.2 Å². The van der Waals surface area contributed by atoms with Gasteiger partial charge in [0.1, 0.15) is 5.75 Å². The Labute approximate surface area is 172 Å². The van der Waals surface area contributed by atoms with Crippen LogP contribution in [0.3, 0.4) is 0 Å². The predicted octanol–water partition coefficient (Wildman–Crippen LogP) is 1.20. The standard InChI is InChI=1S/C17H15F4N5O5/c1-24-13-12(14(28)25(2)15(24)29)26(7-22-13)6-11(27)23-8-3-4-9-10(5-8)30-17(20,21)31-16(9,18)19/h3-5,7,12-13H,6H2,1-2H3,(H,23,27). The number of imide groups is 1. The van der Waals surface area contributed by atoms with E-state index in [4.69, 9.17) is 0 Å². The number of nitrogens with zero attached hydrogens (tertiary/aromatic N) is 4. The highest BCUT2D eigenvalue weighted by molar-refractivity contribution is 6.02. The molecule has 31 heavy (non-hydrogen) atoms. The topological polar surface area (TPSA) is 104 Å². The number of aliphatic imine (C=N–C) groups is 1. The fraction of sp³-hybridized carbons (Fsp3) is 0.412. The molecule has 14 heteroatoms. The number of nitrogens with one attached hydrogen (secondary N) is 1. The number of ether oxygens (including phenoxy) is 2. The van der Waals surface area contributed by atoms with Crippen LogP contribution in [0.15, 0.2) is 23.2 Å². The minimum Gasteiger partial charge on any atom is -0.409 e. The number of carbonyl (C=O) groups excluding carboxylic acids is 3. The van der Waals surface area contributed by atoms with Gasteiger partial charge in [-0.05, 0) is 12.1 Å². The minimum atomic E-state index is -4.54. The van der Waals surface area contributed by atoms with Crippen LogP contribution < -0.4 is 10.1 Å². The van der Waals surface area contributed by atoms with Gasteiger partial charge in [0.2, 0.25) is 5.91 Å². The molecule has 1 N–H and O–H groups in total. The van der Waals surface area contributed by atoms with Gasteiger partial charge in [-0.3, -0.25) is 14.5 Å². The molecule has 4 rings (SSSR count). The summed E-state index contributed by atoms with van der Waals surface area (Å²) in [5.74, 6) is -2.09. The lowest BCUT2D eigenvalue weighted by Gasteiger charge is -2.39. The van der Waals surface area contributed by atoms with Gasteiger partial charge in [0.15, 0.2) is 12.2 Å². The van der Waals surface area contributed by atoms with E-state index in [9.17, 15) is 31.9 Å². The maximum atomic E-state index is 13.7. The maximum Gasteiger partial charge on any atom is 0.540 e. The van der Waals surface area contributed by atoms with Gasteiger partial charge < -0.3 is 19.9 Å². The van der Waals surface area contributed by atoms with E-state index in [1.54, 1.807) is 0 Å². The van der Waals surface area contributed by atoms with Crippen molar-refractivity contribution in [1.29, 1.82) is 0 Å². The third kappa shape index (κ3) is 3.52. The summed E-state index contributed by atoms with van der Waals surface area (Å²) in [7, 11) is 2.77. The third-order valence-corrected chi connectivity index (χ3v) is 4.96. The molecule has 0 saturated carbocycles. The summed E-state index contributed by atoms with van der Waals surface area (Å²) in [6, 6.07) is 1.20. The zero-order valence-corrected chi connectivity index (χ0v) is 16.0. The van der Waals surface area contributed by atoms with Gasteiger partial charge in [0.05, 0.1) is 18.4 Å². The first kappa shape index (κ1) is 20.8. The molecule has 0 aliphatic carbocycles. The van der Waals surface area contributed by atoms with Crippen LogP contribution in [0.25, 0.3) is 0 Å². The normalized spacial score (nSPS) is 25.8. The molecule has 2 atom stereocenters. The first-order valence-electron chi connectivity index (χ1n) is 8.82. The SMILES string of the molecule is CN1C(=O)C2C(N=CN2CC(=O)Nc2ccc3c(c2)OC(F)(F)OC3(F)F)N(C)C1=O. The van der Waals surface area contributed by atoms with Crippen LogP contribution in [0.1, 0.15) is 5.56 Å². The van der Waals surface area contributed by atoms with E-state index in [1.165, 1.54) is 30.2 Å². The zero-order valence-electron chi connectivity index (χ0n) is 16.0. The summed E-state index contributed by atoms with van der Waals surface area (Å²) in [6.07, 6.45) is -8.37. The lowest BCUT2D eigenvalue weighted by Crippen LogP contribution is -2.64. The summed E-state index contributed by atoms with van der Waals surface area (Å²) in [5, 5.41) is 2.36. The maximum absolute atomic E-state index is 13.7. The highest BCUT2D eigenvalue weighted by Crippen LogP contribution is 2.46. The van der Waals surface area contributed by atoms with Crippen LogP contribution in [0, 0.1) is 0 Å². The molecule has 10 nitrogen and oxygen atoms in total. The van der Waals surface area contributed by atoms with Crippen LogP contribution in [-0.4, -0.2) is 78.0 Å². The quantitative estimate of drug-likeness (QED) is 0.702. The molecule has 1 aromatic rings. The smallest absolute Gasteiger partial charge is 0.409 e. The van der Waals surface area contributed by atoms with Gasteiger partial charge in [-0.2, -0.15) is 8.78 Å². The molecule has 3 aliphatic rings. The fourth-order valence-electron chi connectivity index (χ4n) is 3.49. The second-order valence-electron chi connectivity index (χ2n) is 7.03. The summed E-state index contributed by atoms with van der Waals surface area (Å²) in [5.41, 5.74) is -1.01. The molecule has 1 fully saturated rings. The molecule has 4 amide bonds. The van der Waals surface area contributed by atoms with Crippen molar-refractivity contribution in [2.75, 3.05) is 26.0 Å². The Morgan fingerprint density at radius 3 is 2.65 bits per heavy atom. The number of fused-ring (bicyclic) bond motifs is 2. The summed E-state index contributed by atoms with van der Waals surface area (Å²) in [4.78, 5) is 44.4. The van der Waals surface area contributed by atoms with Crippen LogP contribution in [0.4, 0.5) is 28.0 Å². The number of hydrogen-bond acceptors (Lipinski definition) is 7. The van der Waals surface area contributed by atoms with Gasteiger partial charge in [-0.1, -0.05) is 0 Å². The Balaban J connectivity index is 1.47. The van der Waals surface area contributed by atoms with Crippen molar-refractivity contribution < 1.29 is 41.4 Å². The Morgan fingerprint density at radius 1 is 1.23 bits per heavy atom. The zero-order chi connectivity index (χ0) is 22.7. The molecule has 0 radical (unpaired) electrons. The van der Waals surface area contributed by atoms with E-state index in [1.807, 2.05) is 0 Å². The number of anilines is 1. The van der Waals surface area contributed by atoms with E-state index >= 15 is 0 Å². The van der Waals surface area contributed by atoms with Gasteiger partial charge in [-0.15, -0.1) is 8.78 Å². The fourth-order valence-corrected chi connectivity index (χ4v) is 3.49. The third-order valence-electron chi connectivity index (χ3n) is 4.96.